The number of hydrogen-bond donors (Lipinski definition) is 0. The van der Waals surface area contributed by atoms with Crippen LogP contribution in [0.25, 0.3) is 0 Å². The normalized spacial score (nSPS) is 10.3. The molecule has 0 radical (unpaired) electrons. The molecule has 0 aliphatic heterocycles. The molecular weight excluding hydrogens is 256 g/mol. The van der Waals surface area contributed by atoms with Crippen LogP contribution in [0.2, 0.25) is 5.15 Å². The van der Waals surface area contributed by atoms with Crippen LogP contribution in [0.4, 0.5) is 0 Å². The van der Waals surface area contributed by atoms with Gasteiger partial charge in [0.1, 0.15) is 16.7 Å². The van der Waals surface area contributed by atoms with Crippen LogP contribution in [0.15, 0.2) is 29.0 Å². The summed E-state index contributed by atoms with van der Waals surface area (Å²) in [7, 11) is 1.32. The lowest BCUT2D eigenvalue weighted by atomic mass is 10.2. The molecule has 0 saturated heterocycles. The van der Waals surface area contributed by atoms with Crippen molar-refractivity contribution >= 4 is 17.6 Å². The molecule has 0 spiro atoms. The Hall–Kier alpha value is -1.88. The smallest absolute Gasteiger partial charge is 0.310 e. The minimum absolute atomic E-state index is 0.0658. The topological polar surface area (TPSA) is 65.2 Å². The van der Waals surface area contributed by atoms with Crippen molar-refractivity contribution < 1.29 is 13.9 Å². The van der Waals surface area contributed by atoms with Gasteiger partial charge in [-0.3, -0.25) is 4.79 Å². The quantitative estimate of drug-likeness (QED) is 0.626. The average Bonchev–Trinajstić information content (AvgIpc) is 2.85. The maximum absolute atomic E-state index is 11.1. The molecule has 0 atom stereocenters. The van der Waals surface area contributed by atoms with Crippen LogP contribution in [-0.4, -0.2) is 23.0 Å². The second kappa shape index (κ2) is 5.64. The Bertz CT molecular complexity index is 540. The molecule has 0 aliphatic rings. The minimum Gasteiger partial charge on any atom is -0.469 e. The van der Waals surface area contributed by atoms with Gasteiger partial charge in [0.15, 0.2) is 0 Å². The van der Waals surface area contributed by atoms with Crippen molar-refractivity contribution in [3.63, 3.8) is 0 Å². The van der Waals surface area contributed by atoms with Crippen LogP contribution in [0.1, 0.15) is 17.1 Å². The summed E-state index contributed by atoms with van der Waals surface area (Å²) < 4.78 is 9.75. The Kier molecular flexibility index (Phi) is 3.94. The molecule has 2 heterocycles. The number of nitrogens with zero attached hydrogens (tertiary/aromatic N) is 2. The van der Waals surface area contributed by atoms with Gasteiger partial charge in [-0.2, -0.15) is 0 Å². The van der Waals surface area contributed by atoms with Crippen molar-refractivity contribution in [2.45, 2.75) is 12.8 Å². The maximum atomic E-state index is 11.1. The zero-order valence-corrected chi connectivity index (χ0v) is 10.5. The molecule has 0 unspecified atom stereocenters. The highest BCUT2D eigenvalue weighted by atomic mass is 35.5. The van der Waals surface area contributed by atoms with Crippen LogP contribution in [0.3, 0.4) is 0 Å². The van der Waals surface area contributed by atoms with Gasteiger partial charge in [0, 0.05) is 11.8 Å². The Morgan fingerprint density at radius 3 is 3.00 bits per heavy atom. The van der Waals surface area contributed by atoms with E-state index in [2.05, 4.69) is 14.7 Å². The molecule has 6 heteroatoms. The summed E-state index contributed by atoms with van der Waals surface area (Å²) in [4.78, 5) is 19.4. The molecule has 0 fully saturated rings. The summed E-state index contributed by atoms with van der Waals surface area (Å²) in [6.45, 7) is 0. The maximum Gasteiger partial charge on any atom is 0.310 e. The van der Waals surface area contributed by atoms with Gasteiger partial charge in [0.05, 0.1) is 26.2 Å². The molecule has 2 rings (SSSR count). The van der Waals surface area contributed by atoms with Crippen LogP contribution in [0, 0.1) is 0 Å². The highest BCUT2D eigenvalue weighted by Crippen LogP contribution is 2.15. The van der Waals surface area contributed by atoms with Gasteiger partial charge >= 0.3 is 5.97 Å². The highest BCUT2D eigenvalue weighted by Gasteiger charge is 2.11. The van der Waals surface area contributed by atoms with Crippen molar-refractivity contribution in [2.75, 3.05) is 7.11 Å². The highest BCUT2D eigenvalue weighted by molar-refractivity contribution is 6.30. The van der Waals surface area contributed by atoms with E-state index in [1.165, 1.54) is 13.3 Å². The molecule has 0 amide bonds. The fraction of sp³-hybridized carbons (Fsp3) is 0.250. The number of furan rings is 1. The van der Waals surface area contributed by atoms with Crippen molar-refractivity contribution in [1.82, 2.24) is 9.97 Å². The number of carbonyl (C=O) groups is 1. The summed E-state index contributed by atoms with van der Waals surface area (Å²) >= 11 is 5.98. The number of esters is 1. The summed E-state index contributed by atoms with van der Waals surface area (Å²) in [5.74, 6) is 0.926. The predicted octanol–water partition coefficient (Wildman–Crippen LogP) is 2.03. The van der Waals surface area contributed by atoms with E-state index in [1.807, 2.05) is 6.07 Å². The zero-order chi connectivity index (χ0) is 13.0. The first-order valence-electron chi connectivity index (χ1n) is 5.28. The molecule has 0 N–H and O–H groups in total. The summed E-state index contributed by atoms with van der Waals surface area (Å²) in [5.41, 5.74) is 0.548. The number of halogens is 1. The molecule has 18 heavy (non-hydrogen) atoms. The lowest BCUT2D eigenvalue weighted by Crippen LogP contribution is -2.07. The van der Waals surface area contributed by atoms with Crippen LogP contribution >= 0.6 is 11.6 Å². The van der Waals surface area contributed by atoms with E-state index in [0.29, 0.717) is 17.8 Å². The van der Waals surface area contributed by atoms with E-state index in [0.717, 1.165) is 5.76 Å². The third kappa shape index (κ3) is 3.07. The van der Waals surface area contributed by atoms with Crippen molar-refractivity contribution in [1.29, 1.82) is 0 Å². The van der Waals surface area contributed by atoms with Gasteiger partial charge < -0.3 is 9.15 Å². The molecule has 2 aromatic rings. The molecule has 94 valence electrons. The number of ether oxygens (including phenoxy) is 1. The molecular formula is C12H11ClN2O3. The Labute approximate surface area is 109 Å². The van der Waals surface area contributed by atoms with E-state index in [9.17, 15) is 4.79 Å². The molecule has 0 saturated carbocycles. The second-order valence-electron chi connectivity index (χ2n) is 3.61. The fourth-order valence-corrected chi connectivity index (χ4v) is 1.63. The van der Waals surface area contributed by atoms with Crippen molar-refractivity contribution in [2.24, 2.45) is 0 Å². The summed E-state index contributed by atoms with van der Waals surface area (Å²) in [5, 5.41) is 0.261. The number of methoxy groups -OCH3 is 1. The fourth-order valence-electron chi connectivity index (χ4n) is 1.42. The number of carbonyl (C=O) groups excluding carboxylic acids is 1. The van der Waals surface area contributed by atoms with Crippen LogP contribution in [0.5, 0.6) is 0 Å². The van der Waals surface area contributed by atoms with Crippen molar-refractivity contribution in [3.05, 3.63) is 46.9 Å². The zero-order valence-electron chi connectivity index (χ0n) is 9.72. The Morgan fingerprint density at radius 1 is 1.56 bits per heavy atom. The summed E-state index contributed by atoms with van der Waals surface area (Å²) in [6, 6.07) is 3.63. The molecule has 0 bridgehead atoms. The van der Waals surface area contributed by atoms with Crippen LogP contribution < -0.4 is 0 Å². The van der Waals surface area contributed by atoms with Gasteiger partial charge in [0.2, 0.25) is 0 Å². The largest absolute Gasteiger partial charge is 0.469 e. The van der Waals surface area contributed by atoms with Gasteiger partial charge in [-0.25, -0.2) is 9.97 Å². The third-order valence-electron chi connectivity index (χ3n) is 2.34. The summed E-state index contributed by atoms with van der Waals surface area (Å²) in [6.07, 6.45) is 3.65. The van der Waals surface area contributed by atoms with E-state index >= 15 is 0 Å². The van der Waals surface area contributed by atoms with Gasteiger partial charge in [0.25, 0.3) is 0 Å². The molecule has 2 aromatic heterocycles. The predicted molar refractivity (Wildman–Crippen MR) is 64.3 cm³/mol. The van der Waals surface area contributed by atoms with Crippen molar-refractivity contribution in [3.8, 4) is 0 Å². The first kappa shape index (κ1) is 12.6. The van der Waals surface area contributed by atoms with Gasteiger partial charge in [-0.15, -0.1) is 0 Å². The number of aromatic nitrogens is 2. The average molecular weight is 267 g/mol. The van der Waals surface area contributed by atoms with Crippen LogP contribution in [-0.2, 0) is 22.4 Å². The molecule has 5 nitrogen and oxygen atoms in total. The second-order valence-corrected chi connectivity index (χ2v) is 3.97. The number of rotatable bonds is 4. The lowest BCUT2D eigenvalue weighted by molar-refractivity contribution is -0.139. The molecule has 0 aliphatic carbocycles. The first-order valence-corrected chi connectivity index (χ1v) is 5.66. The third-order valence-corrected chi connectivity index (χ3v) is 2.66. The van der Waals surface area contributed by atoms with Gasteiger partial charge in [-0.05, 0) is 12.1 Å². The SMILES string of the molecule is COC(=O)Cc1cnc(Cc2ccco2)nc1Cl. The molecule has 0 aromatic carbocycles. The Morgan fingerprint density at radius 2 is 2.39 bits per heavy atom. The van der Waals surface area contributed by atoms with E-state index in [4.69, 9.17) is 16.0 Å². The van der Waals surface area contributed by atoms with E-state index < -0.39 is 0 Å². The van der Waals surface area contributed by atoms with E-state index in [-0.39, 0.29) is 17.5 Å². The monoisotopic (exact) mass is 266 g/mol. The number of hydrogen-bond acceptors (Lipinski definition) is 5. The van der Waals surface area contributed by atoms with Gasteiger partial charge in [-0.1, -0.05) is 11.6 Å². The van der Waals surface area contributed by atoms with E-state index in [1.54, 1.807) is 12.3 Å². The standard InChI is InChI=1S/C12H11ClN2O3/c1-17-11(16)5-8-7-14-10(15-12(8)13)6-9-3-2-4-18-9/h2-4,7H,5-6H2,1H3. The lowest BCUT2D eigenvalue weighted by Gasteiger charge is -2.03. The first-order chi connectivity index (χ1) is 8.69. The Balaban J connectivity index is 2.12. The minimum atomic E-state index is -0.376.